The first kappa shape index (κ1) is 20.0. The highest BCUT2D eigenvalue weighted by Gasteiger charge is 2.33. The van der Waals surface area contributed by atoms with Crippen LogP contribution < -0.4 is 4.31 Å². The van der Waals surface area contributed by atoms with Gasteiger partial charge in [0.05, 0.1) is 10.6 Å². The van der Waals surface area contributed by atoms with Gasteiger partial charge >= 0.3 is 0 Å². The molecule has 0 saturated carbocycles. The summed E-state index contributed by atoms with van der Waals surface area (Å²) in [7, 11) is -4.27. The lowest BCUT2D eigenvalue weighted by atomic mass is 10.1. The second-order valence-electron chi connectivity index (χ2n) is 6.33. The number of benzene rings is 3. The lowest BCUT2D eigenvalue weighted by molar-refractivity contribution is 0.100. The highest BCUT2D eigenvalue weighted by molar-refractivity contribution is 7.93. The number of hydrogen-bond donors (Lipinski definition) is 0. The van der Waals surface area contributed by atoms with Gasteiger partial charge in [-0.1, -0.05) is 29.8 Å². The number of carbonyl (C=O) groups excluding carboxylic acids is 1. The molecule has 7 heteroatoms. The normalized spacial score (nSPS) is 11.3. The molecule has 0 aliphatic heterocycles. The Morgan fingerprint density at radius 1 is 0.964 bits per heavy atom. The predicted molar refractivity (Wildman–Crippen MR) is 108 cm³/mol. The minimum Gasteiger partial charge on any atom is -0.268 e. The van der Waals surface area contributed by atoms with E-state index >= 15 is 0 Å². The van der Waals surface area contributed by atoms with Crippen LogP contribution in [0.5, 0.6) is 0 Å². The number of aryl methyl sites for hydroxylation is 2. The fourth-order valence-electron chi connectivity index (χ4n) is 2.74. The van der Waals surface area contributed by atoms with Crippen molar-refractivity contribution in [3.63, 3.8) is 0 Å². The van der Waals surface area contributed by atoms with E-state index in [2.05, 4.69) is 0 Å². The molecule has 0 bridgehead atoms. The third kappa shape index (κ3) is 3.93. The lowest BCUT2D eigenvalue weighted by Crippen LogP contribution is -2.37. The Kier molecular flexibility index (Phi) is 5.54. The summed E-state index contributed by atoms with van der Waals surface area (Å²) in [5.74, 6) is -1.47. The van der Waals surface area contributed by atoms with Crippen LogP contribution >= 0.6 is 11.6 Å². The van der Waals surface area contributed by atoms with E-state index < -0.39 is 21.7 Å². The van der Waals surface area contributed by atoms with E-state index in [0.717, 1.165) is 11.6 Å². The molecule has 3 aromatic carbocycles. The lowest BCUT2D eigenvalue weighted by Gasteiger charge is -2.25. The second-order valence-corrected chi connectivity index (χ2v) is 8.55. The van der Waals surface area contributed by atoms with Crippen molar-refractivity contribution in [2.45, 2.75) is 18.7 Å². The highest BCUT2D eigenvalue weighted by Crippen LogP contribution is 2.30. The van der Waals surface area contributed by atoms with Gasteiger partial charge in [-0.05, 0) is 73.5 Å². The minimum atomic E-state index is -4.27. The number of anilines is 1. The number of carbonyl (C=O) groups is 1. The van der Waals surface area contributed by atoms with Gasteiger partial charge in [0.2, 0.25) is 0 Å². The zero-order valence-electron chi connectivity index (χ0n) is 15.2. The molecule has 0 unspecified atom stereocenters. The zero-order valence-corrected chi connectivity index (χ0v) is 16.8. The van der Waals surface area contributed by atoms with Crippen molar-refractivity contribution in [3.05, 3.63) is 94.3 Å². The van der Waals surface area contributed by atoms with Crippen molar-refractivity contribution in [1.82, 2.24) is 0 Å². The average Bonchev–Trinajstić information content (AvgIpc) is 2.65. The van der Waals surface area contributed by atoms with E-state index in [9.17, 15) is 17.6 Å². The van der Waals surface area contributed by atoms with Gasteiger partial charge in [0.25, 0.3) is 15.9 Å². The molecule has 0 spiro atoms. The summed E-state index contributed by atoms with van der Waals surface area (Å²) in [5.41, 5.74) is 1.51. The number of amides is 1. The molecule has 1 amide bonds. The Labute approximate surface area is 168 Å². The maximum atomic E-state index is 13.7. The van der Waals surface area contributed by atoms with E-state index in [4.69, 9.17) is 11.6 Å². The van der Waals surface area contributed by atoms with Crippen LogP contribution in [0.4, 0.5) is 10.1 Å². The zero-order chi connectivity index (χ0) is 20.5. The minimum absolute atomic E-state index is 0.0709. The highest BCUT2D eigenvalue weighted by atomic mass is 35.5. The van der Waals surface area contributed by atoms with Crippen LogP contribution in [0.15, 0.2) is 71.6 Å². The quantitative estimate of drug-likeness (QED) is 0.591. The molecule has 0 radical (unpaired) electrons. The van der Waals surface area contributed by atoms with E-state index in [1.54, 1.807) is 26.0 Å². The molecule has 0 aliphatic rings. The Bertz CT molecular complexity index is 1140. The summed E-state index contributed by atoms with van der Waals surface area (Å²) >= 11 is 5.86. The molecule has 0 heterocycles. The maximum absolute atomic E-state index is 13.7. The van der Waals surface area contributed by atoms with Gasteiger partial charge in [0, 0.05) is 10.6 Å². The molecule has 4 nitrogen and oxygen atoms in total. The third-order valence-electron chi connectivity index (χ3n) is 4.19. The van der Waals surface area contributed by atoms with Crippen LogP contribution in [0.2, 0.25) is 5.02 Å². The largest absolute Gasteiger partial charge is 0.272 e. The predicted octanol–water partition coefficient (Wildman–Crippen LogP) is 5.13. The van der Waals surface area contributed by atoms with Gasteiger partial charge in [-0.15, -0.1) is 0 Å². The van der Waals surface area contributed by atoms with Crippen LogP contribution in [0, 0.1) is 19.7 Å². The van der Waals surface area contributed by atoms with E-state index in [-0.39, 0.29) is 16.1 Å². The van der Waals surface area contributed by atoms with Crippen LogP contribution in [-0.4, -0.2) is 14.3 Å². The fraction of sp³-hybridized carbons (Fsp3) is 0.0952. The van der Waals surface area contributed by atoms with Crippen LogP contribution in [0.3, 0.4) is 0 Å². The molecule has 144 valence electrons. The molecule has 0 N–H and O–H groups in total. The van der Waals surface area contributed by atoms with Crippen LogP contribution in [0.1, 0.15) is 21.5 Å². The van der Waals surface area contributed by atoms with Crippen molar-refractivity contribution < 1.29 is 17.6 Å². The first-order valence-corrected chi connectivity index (χ1v) is 10.2. The monoisotopic (exact) mass is 417 g/mol. The van der Waals surface area contributed by atoms with E-state index in [1.807, 2.05) is 6.07 Å². The number of halogens is 2. The Hall–Kier alpha value is -2.70. The molecule has 3 rings (SSSR count). The van der Waals surface area contributed by atoms with Gasteiger partial charge in [0.15, 0.2) is 0 Å². The topological polar surface area (TPSA) is 54.5 Å². The average molecular weight is 418 g/mol. The summed E-state index contributed by atoms with van der Waals surface area (Å²) < 4.78 is 41.1. The molecular formula is C21H17ClFNO3S. The molecule has 28 heavy (non-hydrogen) atoms. The van der Waals surface area contributed by atoms with Crippen molar-refractivity contribution >= 4 is 33.2 Å². The maximum Gasteiger partial charge on any atom is 0.272 e. The number of nitrogens with zero attached hydrogens (tertiary/aromatic N) is 1. The summed E-state index contributed by atoms with van der Waals surface area (Å²) in [5, 5.41) is 0.369. The SMILES string of the molecule is Cc1ccc(C)c(N(C(=O)c2cccc(F)c2)S(=O)(=O)c2ccc(Cl)cc2)c1. The summed E-state index contributed by atoms with van der Waals surface area (Å²) in [4.78, 5) is 13.1. The van der Waals surface area contributed by atoms with Gasteiger partial charge in [0.1, 0.15) is 5.82 Å². The number of rotatable bonds is 4. The fourth-order valence-corrected chi connectivity index (χ4v) is 4.33. The summed E-state index contributed by atoms with van der Waals surface area (Å²) in [6.07, 6.45) is 0. The molecule has 3 aromatic rings. The first-order chi connectivity index (χ1) is 13.2. The van der Waals surface area contributed by atoms with E-state index in [1.165, 1.54) is 42.5 Å². The molecule has 0 aliphatic carbocycles. The van der Waals surface area contributed by atoms with E-state index in [0.29, 0.717) is 14.9 Å². The molecule has 0 aromatic heterocycles. The summed E-state index contributed by atoms with van der Waals surface area (Å²) in [6.45, 7) is 3.50. The number of hydrogen-bond acceptors (Lipinski definition) is 3. The van der Waals surface area contributed by atoms with Crippen molar-refractivity contribution in [2.24, 2.45) is 0 Å². The Balaban J connectivity index is 2.24. The van der Waals surface area contributed by atoms with Crippen molar-refractivity contribution in [1.29, 1.82) is 0 Å². The van der Waals surface area contributed by atoms with Crippen molar-refractivity contribution in [3.8, 4) is 0 Å². The standard InChI is InChI=1S/C21H17ClFNO3S/c1-14-6-7-15(2)20(12-14)24(21(25)16-4-3-5-18(23)13-16)28(26,27)19-10-8-17(22)9-11-19/h3-13H,1-2H3. The van der Waals surface area contributed by atoms with Gasteiger partial charge in [-0.3, -0.25) is 4.79 Å². The molecule has 0 saturated heterocycles. The third-order valence-corrected chi connectivity index (χ3v) is 6.15. The van der Waals surface area contributed by atoms with Gasteiger partial charge in [-0.2, -0.15) is 4.31 Å². The van der Waals surface area contributed by atoms with Crippen molar-refractivity contribution in [2.75, 3.05) is 4.31 Å². The van der Waals surface area contributed by atoms with Gasteiger partial charge < -0.3 is 0 Å². The van der Waals surface area contributed by atoms with Crippen LogP contribution in [-0.2, 0) is 10.0 Å². The van der Waals surface area contributed by atoms with Gasteiger partial charge in [-0.25, -0.2) is 12.8 Å². The first-order valence-electron chi connectivity index (χ1n) is 8.38. The molecular weight excluding hydrogens is 401 g/mol. The van der Waals surface area contributed by atoms with Crippen LogP contribution in [0.25, 0.3) is 0 Å². The summed E-state index contributed by atoms with van der Waals surface area (Å²) in [6, 6.07) is 15.6. The molecule has 0 atom stereocenters. The number of sulfonamides is 1. The second kappa shape index (κ2) is 7.73. The smallest absolute Gasteiger partial charge is 0.268 e. The Morgan fingerprint density at radius 3 is 2.29 bits per heavy atom. The molecule has 0 fully saturated rings. The Morgan fingerprint density at radius 2 is 1.64 bits per heavy atom.